The van der Waals surface area contributed by atoms with Gasteiger partial charge in [0.15, 0.2) is 5.82 Å². The summed E-state index contributed by atoms with van der Waals surface area (Å²) in [4.78, 5) is 5.62. The Bertz CT molecular complexity index is 417. The fourth-order valence-corrected chi connectivity index (χ4v) is 2.82. The van der Waals surface area contributed by atoms with E-state index in [0.29, 0.717) is 6.04 Å². The van der Waals surface area contributed by atoms with Crippen LogP contribution in [0.15, 0.2) is 28.3 Å². The summed E-state index contributed by atoms with van der Waals surface area (Å²) in [6.07, 6.45) is 1.86. The Morgan fingerprint density at radius 1 is 1.50 bits per heavy atom. The van der Waals surface area contributed by atoms with Gasteiger partial charge < -0.3 is 4.57 Å². The van der Waals surface area contributed by atoms with Gasteiger partial charge >= 0.3 is 0 Å². The lowest BCUT2D eigenvalue weighted by Gasteiger charge is -2.11. The number of aromatic nitrogens is 2. The first-order valence-corrected chi connectivity index (χ1v) is 6.14. The van der Waals surface area contributed by atoms with Gasteiger partial charge in [0.1, 0.15) is 4.60 Å². The second-order valence-corrected chi connectivity index (χ2v) is 5.11. The average Bonchev–Trinajstić information content (AvgIpc) is 2.70. The lowest BCUT2D eigenvalue weighted by molar-refractivity contribution is 0.596. The van der Waals surface area contributed by atoms with Crippen LogP contribution in [0, 0.1) is 0 Å². The van der Waals surface area contributed by atoms with E-state index in [2.05, 4.69) is 50.8 Å². The van der Waals surface area contributed by atoms with E-state index in [1.54, 1.807) is 11.3 Å². The van der Waals surface area contributed by atoms with Crippen molar-refractivity contribution in [3.63, 3.8) is 0 Å². The maximum Gasteiger partial charge on any atom is 0.151 e. The summed E-state index contributed by atoms with van der Waals surface area (Å²) in [7, 11) is 0. The second kappa shape index (κ2) is 3.87. The molecule has 0 radical (unpaired) electrons. The number of thiophene rings is 1. The molecule has 0 saturated carbocycles. The largest absolute Gasteiger partial charge is 0.316 e. The van der Waals surface area contributed by atoms with Crippen molar-refractivity contribution in [2.75, 3.05) is 0 Å². The van der Waals surface area contributed by atoms with E-state index < -0.39 is 0 Å². The molecule has 0 N–H and O–H groups in total. The lowest BCUT2D eigenvalue weighted by atomic mass is 10.3. The van der Waals surface area contributed by atoms with Gasteiger partial charge in [-0.3, -0.25) is 0 Å². The molecule has 2 nitrogen and oxygen atoms in total. The predicted octanol–water partition coefficient (Wildman–Crippen LogP) is 3.96. The molecule has 0 aliphatic rings. The van der Waals surface area contributed by atoms with Crippen molar-refractivity contribution < 1.29 is 0 Å². The summed E-state index contributed by atoms with van der Waals surface area (Å²) in [5, 5.41) is 2.07. The van der Waals surface area contributed by atoms with Crippen molar-refractivity contribution in [3.8, 4) is 10.7 Å². The third-order valence-electron chi connectivity index (χ3n) is 2.01. The minimum atomic E-state index is 0.420. The smallest absolute Gasteiger partial charge is 0.151 e. The van der Waals surface area contributed by atoms with E-state index in [9.17, 15) is 0 Å². The molecule has 0 aliphatic heterocycles. The Labute approximate surface area is 95.7 Å². The molecule has 0 aromatic carbocycles. The summed E-state index contributed by atoms with van der Waals surface area (Å²) >= 11 is 5.23. The third kappa shape index (κ3) is 1.64. The molecule has 14 heavy (non-hydrogen) atoms. The number of rotatable bonds is 2. The molecule has 0 spiro atoms. The molecule has 0 amide bonds. The van der Waals surface area contributed by atoms with Crippen molar-refractivity contribution in [2.24, 2.45) is 0 Å². The summed E-state index contributed by atoms with van der Waals surface area (Å²) in [5.41, 5.74) is 0. The maximum atomic E-state index is 4.41. The van der Waals surface area contributed by atoms with Gasteiger partial charge in [-0.2, -0.15) is 0 Å². The number of nitrogens with zero attached hydrogens (tertiary/aromatic N) is 2. The van der Waals surface area contributed by atoms with Crippen LogP contribution in [0.4, 0.5) is 0 Å². The van der Waals surface area contributed by atoms with Gasteiger partial charge in [-0.05, 0) is 41.2 Å². The van der Waals surface area contributed by atoms with Crippen LogP contribution >= 0.6 is 27.3 Å². The summed E-state index contributed by atoms with van der Waals surface area (Å²) < 4.78 is 3.22. The first-order chi connectivity index (χ1) is 6.70. The van der Waals surface area contributed by atoms with E-state index in [1.807, 2.05) is 12.3 Å². The van der Waals surface area contributed by atoms with Crippen molar-refractivity contribution in [1.29, 1.82) is 0 Å². The molecule has 4 heteroatoms. The van der Waals surface area contributed by atoms with Gasteiger partial charge in [-0.1, -0.05) is 6.07 Å². The molecule has 2 heterocycles. The zero-order chi connectivity index (χ0) is 10.1. The molecule has 0 atom stereocenters. The highest BCUT2D eigenvalue weighted by molar-refractivity contribution is 9.10. The van der Waals surface area contributed by atoms with Gasteiger partial charge in [0.05, 0.1) is 11.1 Å². The van der Waals surface area contributed by atoms with Crippen molar-refractivity contribution in [1.82, 2.24) is 9.55 Å². The number of hydrogen-bond donors (Lipinski definition) is 0. The highest BCUT2D eigenvalue weighted by Crippen LogP contribution is 2.29. The highest BCUT2D eigenvalue weighted by Gasteiger charge is 2.12. The first kappa shape index (κ1) is 9.93. The topological polar surface area (TPSA) is 17.8 Å². The van der Waals surface area contributed by atoms with Crippen LogP contribution in [0.3, 0.4) is 0 Å². The van der Waals surface area contributed by atoms with Gasteiger partial charge in [-0.25, -0.2) is 4.98 Å². The van der Waals surface area contributed by atoms with Crippen molar-refractivity contribution >= 4 is 27.3 Å². The fraction of sp³-hybridized carbons (Fsp3) is 0.300. The number of hydrogen-bond acceptors (Lipinski definition) is 2. The van der Waals surface area contributed by atoms with Crippen LogP contribution in [0.25, 0.3) is 10.7 Å². The Hall–Kier alpha value is -0.610. The highest BCUT2D eigenvalue weighted by atomic mass is 79.9. The first-order valence-electron chi connectivity index (χ1n) is 4.46. The lowest BCUT2D eigenvalue weighted by Crippen LogP contribution is -2.02. The van der Waals surface area contributed by atoms with E-state index in [0.717, 1.165) is 10.4 Å². The summed E-state index contributed by atoms with van der Waals surface area (Å²) in [6.45, 7) is 4.31. The van der Waals surface area contributed by atoms with E-state index in [4.69, 9.17) is 0 Å². The van der Waals surface area contributed by atoms with E-state index >= 15 is 0 Å². The minimum Gasteiger partial charge on any atom is -0.316 e. The Morgan fingerprint density at radius 3 is 2.86 bits per heavy atom. The summed E-state index contributed by atoms with van der Waals surface area (Å²) in [6, 6.07) is 4.56. The third-order valence-corrected chi connectivity index (χ3v) is 3.46. The maximum absolute atomic E-state index is 4.41. The van der Waals surface area contributed by atoms with Gasteiger partial charge in [-0.15, -0.1) is 11.3 Å². The quantitative estimate of drug-likeness (QED) is 0.808. The molecule has 2 aromatic heterocycles. The molecule has 0 bridgehead atoms. The number of imidazole rings is 1. The normalized spacial score (nSPS) is 11.1. The standard InChI is InChI=1S/C10H11BrN2S/c1-7(2)13-9(11)6-12-10(13)8-4-3-5-14-8/h3-7H,1-2H3. The van der Waals surface area contributed by atoms with Crippen LogP contribution in [-0.2, 0) is 0 Å². The molecular weight excluding hydrogens is 260 g/mol. The van der Waals surface area contributed by atoms with Crippen LogP contribution < -0.4 is 0 Å². The minimum absolute atomic E-state index is 0.420. The summed E-state index contributed by atoms with van der Waals surface area (Å²) in [5.74, 6) is 1.04. The van der Waals surface area contributed by atoms with Crippen molar-refractivity contribution in [3.05, 3.63) is 28.3 Å². The predicted molar refractivity (Wildman–Crippen MR) is 63.6 cm³/mol. The van der Waals surface area contributed by atoms with Gasteiger partial charge in [0, 0.05) is 6.04 Å². The molecule has 0 saturated heterocycles. The molecule has 2 aromatic rings. The number of halogens is 1. The van der Waals surface area contributed by atoms with Crippen LogP contribution in [0.2, 0.25) is 0 Å². The molecule has 0 unspecified atom stereocenters. The fourth-order valence-electron chi connectivity index (χ4n) is 1.42. The molecule has 0 aliphatic carbocycles. The Balaban J connectivity index is 2.54. The average molecular weight is 271 g/mol. The zero-order valence-electron chi connectivity index (χ0n) is 8.07. The van der Waals surface area contributed by atoms with Crippen molar-refractivity contribution in [2.45, 2.75) is 19.9 Å². The van der Waals surface area contributed by atoms with Gasteiger partial charge in [0.25, 0.3) is 0 Å². The Morgan fingerprint density at radius 2 is 2.29 bits per heavy atom. The molecule has 0 fully saturated rings. The van der Waals surface area contributed by atoms with E-state index in [-0.39, 0.29) is 0 Å². The molecule has 74 valence electrons. The SMILES string of the molecule is CC(C)n1c(Br)cnc1-c1cccs1. The Kier molecular flexibility index (Phi) is 2.74. The molecular formula is C10H11BrN2S. The monoisotopic (exact) mass is 270 g/mol. The molecule has 2 rings (SSSR count). The van der Waals surface area contributed by atoms with Crippen LogP contribution in [0.1, 0.15) is 19.9 Å². The van der Waals surface area contributed by atoms with Crippen LogP contribution in [0.5, 0.6) is 0 Å². The van der Waals surface area contributed by atoms with Gasteiger partial charge in [0.2, 0.25) is 0 Å². The van der Waals surface area contributed by atoms with E-state index in [1.165, 1.54) is 4.88 Å². The zero-order valence-corrected chi connectivity index (χ0v) is 10.5. The second-order valence-electron chi connectivity index (χ2n) is 3.35. The van der Waals surface area contributed by atoms with Crippen LogP contribution in [-0.4, -0.2) is 9.55 Å².